The van der Waals surface area contributed by atoms with Crippen molar-refractivity contribution < 1.29 is 13.9 Å². The van der Waals surface area contributed by atoms with Crippen molar-refractivity contribution in [2.24, 2.45) is 0 Å². The number of thioether (sulfide) groups is 1. The fourth-order valence-electron chi connectivity index (χ4n) is 2.28. The van der Waals surface area contributed by atoms with E-state index in [1.165, 1.54) is 6.07 Å². The smallest absolute Gasteiger partial charge is 0.260 e. The molecule has 25 heavy (non-hydrogen) atoms. The van der Waals surface area contributed by atoms with Gasteiger partial charge in [-0.3, -0.25) is 4.79 Å². The third-order valence-corrected chi connectivity index (χ3v) is 5.00. The Bertz CT molecular complexity index is 721. The molecule has 0 saturated carbocycles. The van der Waals surface area contributed by atoms with Crippen LogP contribution in [-0.2, 0) is 10.5 Å². The molecule has 5 heteroatoms. The number of aryl methyl sites for hydroxylation is 1. The predicted octanol–water partition coefficient (Wildman–Crippen LogP) is 4.26. The maximum absolute atomic E-state index is 13.5. The number of benzene rings is 2. The number of carbonyl (C=O) groups is 1. The molecule has 0 heterocycles. The summed E-state index contributed by atoms with van der Waals surface area (Å²) in [5, 5.41) is 2.86. The molecule has 0 radical (unpaired) electrons. The number of carbonyl (C=O) groups excluding carboxylic acids is 1. The van der Waals surface area contributed by atoms with Crippen LogP contribution in [-0.4, -0.2) is 24.3 Å². The van der Waals surface area contributed by atoms with Gasteiger partial charge in [0.25, 0.3) is 5.91 Å². The fourth-order valence-corrected chi connectivity index (χ4v) is 3.13. The van der Waals surface area contributed by atoms with Gasteiger partial charge in [0.05, 0.1) is 0 Å². The second-order valence-corrected chi connectivity index (χ2v) is 7.00. The Hall–Kier alpha value is -2.01. The standard InChI is InChI=1S/C20H24FNO2S/c1-14-7-6-10-19(15(14)2)24-16(3)20(23)22-11-12-25-13-17-8-4-5-9-18(17)21/h4-10,16H,11-13H2,1-3H3,(H,22,23)/t16-/m0/s1. The summed E-state index contributed by atoms with van der Waals surface area (Å²) in [4.78, 5) is 12.1. The summed E-state index contributed by atoms with van der Waals surface area (Å²) >= 11 is 1.59. The topological polar surface area (TPSA) is 38.3 Å². The first-order valence-corrected chi connectivity index (χ1v) is 9.46. The molecule has 0 bridgehead atoms. The number of ether oxygens (including phenoxy) is 1. The Labute approximate surface area is 153 Å². The second kappa shape index (κ2) is 9.47. The van der Waals surface area contributed by atoms with Gasteiger partial charge in [0.1, 0.15) is 11.6 Å². The maximum Gasteiger partial charge on any atom is 0.260 e. The summed E-state index contributed by atoms with van der Waals surface area (Å²) < 4.78 is 19.3. The van der Waals surface area contributed by atoms with E-state index in [0.29, 0.717) is 17.9 Å². The summed E-state index contributed by atoms with van der Waals surface area (Å²) in [7, 11) is 0. The highest BCUT2D eigenvalue weighted by Gasteiger charge is 2.15. The van der Waals surface area contributed by atoms with Crippen molar-refractivity contribution in [2.45, 2.75) is 32.6 Å². The van der Waals surface area contributed by atoms with Gasteiger partial charge in [-0.15, -0.1) is 0 Å². The lowest BCUT2D eigenvalue weighted by Gasteiger charge is -2.17. The van der Waals surface area contributed by atoms with Crippen LogP contribution in [0.4, 0.5) is 4.39 Å². The van der Waals surface area contributed by atoms with E-state index in [1.807, 2.05) is 38.1 Å². The Kier molecular flexibility index (Phi) is 7.31. The zero-order chi connectivity index (χ0) is 18.2. The first-order chi connectivity index (χ1) is 12.0. The first kappa shape index (κ1) is 19.3. The van der Waals surface area contributed by atoms with E-state index in [-0.39, 0.29) is 11.7 Å². The predicted molar refractivity (Wildman–Crippen MR) is 102 cm³/mol. The van der Waals surface area contributed by atoms with Gasteiger partial charge in [-0.2, -0.15) is 11.8 Å². The molecule has 2 rings (SSSR count). The van der Waals surface area contributed by atoms with E-state index in [0.717, 1.165) is 22.6 Å². The van der Waals surface area contributed by atoms with Gasteiger partial charge in [-0.25, -0.2) is 4.39 Å². The molecule has 1 atom stereocenters. The minimum absolute atomic E-state index is 0.146. The van der Waals surface area contributed by atoms with Gasteiger partial charge in [0.2, 0.25) is 0 Å². The van der Waals surface area contributed by atoms with Crippen LogP contribution in [0.1, 0.15) is 23.6 Å². The highest BCUT2D eigenvalue weighted by Crippen LogP contribution is 2.21. The minimum Gasteiger partial charge on any atom is -0.481 e. The van der Waals surface area contributed by atoms with Gasteiger partial charge >= 0.3 is 0 Å². The van der Waals surface area contributed by atoms with E-state index in [9.17, 15) is 9.18 Å². The third kappa shape index (κ3) is 5.78. The van der Waals surface area contributed by atoms with Gasteiger partial charge < -0.3 is 10.1 Å². The zero-order valence-electron chi connectivity index (χ0n) is 14.8. The Morgan fingerprint density at radius 1 is 1.20 bits per heavy atom. The molecule has 134 valence electrons. The summed E-state index contributed by atoms with van der Waals surface area (Å²) in [5.41, 5.74) is 2.86. The number of hydrogen-bond acceptors (Lipinski definition) is 3. The van der Waals surface area contributed by atoms with E-state index in [4.69, 9.17) is 4.74 Å². The van der Waals surface area contributed by atoms with Crippen molar-refractivity contribution >= 4 is 17.7 Å². The van der Waals surface area contributed by atoms with Crippen molar-refractivity contribution in [3.8, 4) is 5.75 Å². The first-order valence-electron chi connectivity index (χ1n) is 8.30. The van der Waals surface area contributed by atoms with E-state index >= 15 is 0 Å². The molecular weight excluding hydrogens is 337 g/mol. The molecule has 2 aromatic rings. The number of halogens is 1. The molecule has 1 N–H and O–H groups in total. The van der Waals surface area contributed by atoms with Crippen LogP contribution in [0.15, 0.2) is 42.5 Å². The third-order valence-electron chi connectivity index (χ3n) is 3.99. The van der Waals surface area contributed by atoms with Crippen LogP contribution in [0, 0.1) is 19.7 Å². The van der Waals surface area contributed by atoms with Gasteiger partial charge in [0, 0.05) is 18.1 Å². The van der Waals surface area contributed by atoms with Crippen molar-refractivity contribution in [3.63, 3.8) is 0 Å². The molecule has 2 aromatic carbocycles. The summed E-state index contributed by atoms with van der Waals surface area (Å²) in [6.45, 7) is 6.26. The van der Waals surface area contributed by atoms with Crippen molar-refractivity contribution in [1.29, 1.82) is 0 Å². The highest BCUT2D eigenvalue weighted by molar-refractivity contribution is 7.98. The van der Waals surface area contributed by atoms with Crippen LogP contribution in [0.3, 0.4) is 0 Å². The monoisotopic (exact) mass is 361 g/mol. The average Bonchev–Trinajstić information content (AvgIpc) is 2.60. The van der Waals surface area contributed by atoms with Crippen molar-refractivity contribution in [2.75, 3.05) is 12.3 Å². The maximum atomic E-state index is 13.5. The Balaban J connectivity index is 1.71. The van der Waals surface area contributed by atoms with Crippen molar-refractivity contribution in [3.05, 3.63) is 65.0 Å². The van der Waals surface area contributed by atoms with Crippen LogP contribution >= 0.6 is 11.8 Å². The molecule has 0 unspecified atom stereocenters. The lowest BCUT2D eigenvalue weighted by atomic mass is 10.1. The Morgan fingerprint density at radius 3 is 2.72 bits per heavy atom. The van der Waals surface area contributed by atoms with E-state index < -0.39 is 6.10 Å². The van der Waals surface area contributed by atoms with Crippen LogP contribution in [0.25, 0.3) is 0 Å². The molecule has 0 aliphatic heterocycles. The summed E-state index contributed by atoms with van der Waals surface area (Å²) in [6.07, 6.45) is -0.558. The van der Waals surface area contributed by atoms with E-state index in [1.54, 1.807) is 30.8 Å². The summed E-state index contributed by atoms with van der Waals surface area (Å²) in [5.74, 6) is 1.71. The number of rotatable bonds is 8. The highest BCUT2D eigenvalue weighted by atomic mass is 32.2. The molecule has 0 fully saturated rings. The average molecular weight is 361 g/mol. The van der Waals surface area contributed by atoms with E-state index in [2.05, 4.69) is 5.32 Å². The minimum atomic E-state index is -0.558. The van der Waals surface area contributed by atoms with Gasteiger partial charge in [-0.1, -0.05) is 30.3 Å². The van der Waals surface area contributed by atoms with Gasteiger partial charge in [0.15, 0.2) is 6.10 Å². The normalized spacial score (nSPS) is 11.8. The van der Waals surface area contributed by atoms with Crippen LogP contribution in [0.2, 0.25) is 0 Å². The number of amides is 1. The molecule has 0 spiro atoms. The molecule has 0 aliphatic carbocycles. The van der Waals surface area contributed by atoms with Gasteiger partial charge in [-0.05, 0) is 49.6 Å². The lowest BCUT2D eigenvalue weighted by Crippen LogP contribution is -2.37. The second-order valence-electron chi connectivity index (χ2n) is 5.89. The molecule has 1 amide bonds. The Morgan fingerprint density at radius 2 is 1.96 bits per heavy atom. The van der Waals surface area contributed by atoms with Crippen LogP contribution in [0.5, 0.6) is 5.75 Å². The quantitative estimate of drug-likeness (QED) is 0.714. The molecule has 0 aliphatic rings. The zero-order valence-corrected chi connectivity index (χ0v) is 15.7. The SMILES string of the molecule is Cc1cccc(O[C@@H](C)C(=O)NCCSCc2ccccc2F)c1C. The molecule has 0 aromatic heterocycles. The lowest BCUT2D eigenvalue weighted by molar-refractivity contribution is -0.127. The summed E-state index contributed by atoms with van der Waals surface area (Å²) in [6, 6.07) is 12.6. The molecular formula is C20H24FNO2S. The number of nitrogens with one attached hydrogen (secondary N) is 1. The molecule has 3 nitrogen and oxygen atoms in total. The fraction of sp³-hybridized carbons (Fsp3) is 0.350. The molecule has 0 saturated heterocycles. The van der Waals surface area contributed by atoms with Crippen molar-refractivity contribution in [1.82, 2.24) is 5.32 Å². The van der Waals surface area contributed by atoms with Crippen LogP contribution < -0.4 is 10.1 Å². The largest absolute Gasteiger partial charge is 0.481 e. The number of hydrogen-bond donors (Lipinski definition) is 1.